The zero-order valence-electron chi connectivity index (χ0n) is 13.5. The highest BCUT2D eigenvalue weighted by atomic mass is 19.1. The monoisotopic (exact) mass is 333 g/mol. The van der Waals surface area contributed by atoms with Crippen LogP contribution in [0.4, 0.5) is 4.39 Å². The predicted octanol–water partition coefficient (Wildman–Crippen LogP) is 0.334. The summed E-state index contributed by atoms with van der Waals surface area (Å²) in [7, 11) is 0. The molecule has 3 heterocycles. The maximum Gasteiger partial charge on any atom is 0.274 e. The minimum Gasteiger partial charge on any atom is -0.354 e. The van der Waals surface area contributed by atoms with E-state index in [4.69, 9.17) is 0 Å². The molecule has 0 aromatic carbocycles. The summed E-state index contributed by atoms with van der Waals surface area (Å²) in [4.78, 5) is 29.5. The Hall–Kier alpha value is -2.48. The normalized spacial score (nSPS) is 15.5. The maximum atomic E-state index is 14.3. The highest BCUT2D eigenvalue weighted by Crippen LogP contribution is 2.12. The second kappa shape index (κ2) is 6.96. The van der Waals surface area contributed by atoms with Crippen LogP contribution in [0, 0.1) is 12.9 Å². The summed E-state index contributed by atoms with van der Waals surface area (Å²) >= 11 is 0. The Labute approximate surface area is 138 Å². The topological polar surface area (TPSA) is 78.7 Å². The van der Waals surface area contributed by atoms with Gasteiger partial charge < -0.3 is 10.6 Å². The van der Waals surface area contributed by atoms with E-state index in [9.17, 15) is 14.0 Å². The molecule has 7 nitrogen and oxygen atoms in total. The summed E-state index contributed by atoms with van der Waals surface area (Å²) in [5.41, 5.74) is 1.09. The third kappa shape index (κ3) is 3.53. The Morgan fingerprint density at radius 3 is 3.08 bits per heavy atom. The number of fused-ring (bicyclic) bond motifs is 1. The molecule has 0 unspecified atom stereocenters. The third-order valence-electron chi connectivity index (χ3n) is 3.98. The van der Waals surface area contributed by atoms with Crippen molar-refractivity contribution in [2.75, 3.05) is 32.7 Å². The van der Waals surface area contributed by atoms with Crippen molar-refractivity contribution >= 4 is 17.5 Å². The van der Waals surface area contributed by atoms with Crippen LogP contribution in [-0.4, -0.2) is 58.8 Å². The van der Waals surface area contributed by atoms with Crippen LogP contribution in [0.15, 0.2) is 18.3 Å². The number of nitrogens with one attached hydrogen (secondary N) is 2. The van der Waals surface area contributed by atoms with Gasteiger partial charge in [-0.25, -0.2) is 4.98 Å². The van der Waals surface area contributed by atoms with Crippen LogP contribution in [0.2, 0.25) is 0 Å². The molecule has 0 aliphatic carbocycles. The van der Waals surface area contributed by atoms with Crippen LogP contribution >= 0.6 is 0 Å². The summed E-state index contributed by atoms with van der Waals surface area (Å²) in [5.74, 6) is -1.16. The molecule has 1 saturated heterocycles. The summed E-state index contributed by atoms with van der Waals surface area (Å²) in [6, 6.07) is 3.49. The number of imidazole rings is 1. The summed E-state index contributed by atoms with van der Waals surface area (Å²) in [6.07, 6.45) is 2.29. The number of nitrogens with zero attached hydrogens (tertiary/aromatic N) is 3. The maximum absolute atomic E-state index is 14.3. The molecule has 1 aliphatic rings. The number of rotatable bonds is 5. The van der Waals surface area contributed by atoms with Crippen molar-refractivity contribution in [1.29, 1.82) is 0 Å². The van der Waals surface area contributed by atoms with Gasteiger partial charge in [-0.2, -0.15) is 4.39 Å². The zero-order chi connectivity index (χ0) is 17.1. The van der Waals surface area contributed by atoms with E-state index in [-0.39, 0.29) is 11.6 Å². The lowest BCUT2D eigenvalue weighted by atomic mass is 10.3. The van der Waals surface area contributed by atoms with E-state index >= 15 is 0 Å². The fraction of sp³-hybridized carbons (Fsp3) is 0.438. The lowest BCUT2D eigenvalue weighted by molar-refractivity contribution is -0.124. The Morgan fingerprint density at radius 1 is 1.46 bits per heavy atom. The molecule has 8 heteroatoms. The summed E-state index contributed by atoms with van der Waals surface area (Å²) in [5, 5.41) is 5.45. The number of carbonyl (C=O) groups excluding carboxylic acids is 2. The van der Waals surface area contributed by atoms with E-state index in [1.54, 1.807) is 12.3 Å². The van der Waals surface area contributed by atoms with Crippen LogP contribution in [-0.2, 0) is 4.79 Å². The van der Waals surface area contributed by atoms with Crippen LogP contribution in [0.1, 0.15) is 22.5 Å². The molecule has 0 radical (unpaired) electrons. The quantitative estimate of drug-likeness (QED) is 0.773. The van der Waals surface area contributed by atoms with E-state index in [0.717, 1.165) is 12.1 Å². The van der Waals surface area contributed by atoms with Gasteiger partial charge >= 0.3 is 0 Å². The molecule has 0 spiro atoms. The van der Waals surface area contributed by atoms with E-state index in [1.165, 1.54) is 4.40 Å². The number of piperazine rings is 1. The molecule has 1 fully saturated rings. The van der Waals surface area contributed by atoms with Gasteiger partial charge in [-0.1, -0.05) is 6.07 Å². The van der Waals surface area contributed by atoms with Gasteiger partial charge in [0.2, 0.25) is 11.9 Å². The molecule has 3 rings (SSSR count). The van der Waals surface area contributed by atoms with Crippen LogP contribution in [0.25, 0.3) is 5.65 Å². The SMILES string of the molecule is Cc1ccc2nc(C(=O)NCCCN3CCNC(=O)C3)c(F)n2c1. The Bertz CT molecular complexity index is 773. The van der Waals surface area contributed by atoms with E-state index in [0.29, 0.717) is 38.2 Å². The second-order valence-corrected chi connectivity index (χ2v) is 5.92. The number of halogens is 1. The number of hydrogen-bond acceptors (Lipinski definition) is 4. The lowest BCUT2D eigenvalue weighted by Crippen LogP contribution is -2.48. The fourth-order valence-electron chi connectivity index (χ4n) is 2.74. The standard InChI is InChI=1S/C16H20FN5O2/c1-11-3-4-12-20-14(15(17)22(12)9-11)16(24)19-5-2-7-21-8-6-18-13(23)10-21/h3-4,9H,2,5-8,10H2,1H3,(H,18,23)(H,19,24). The molecule has 1 aliphatic heterocycles. The minimum absolute atomic E-state index is 0.0207. The largest absolute Gasteiger partial charge is 0.354 e. The first-order valence-corrected chi connectivity index (χ1v) is 7.96. The molecule has 128 valence electrons. The number of aromatic nitrogens is 2. The smallest absolute Gasteiger partial charge is 0.274 e. The fourth-order valence-corrected chi connectivity index (χ4v) is 2.74. The predicted molar refractivity (Wildman–Crippen MR) is 86.3 cm³/mol. The molecule has 2 amide bonds. The first kappa shape index (κ1) is 16.4. The summed E-state index contributed by atoms with van der Waals surface area (Å²) in [6.45, 7) is 4.80. The van der Waals surface area contributed by atoms with Gasteiger partial charge in [0, 0.05) is 32.4 Å². The van der Waals surface area contributed by atoms with Crippen molar-refractivity contribution in [2.45, 2.75) is 13.3 Å². The van der Waals surface area contributed by atoms with Gasteiger partial charge in [0.05, 0.1) is 6.54 Å². The van der Waals surface area contributed by atoms with Crippen LogP contribution in [0.3, 0.4) is 0 Å². The minimum atomic E-state index is -0.654. The van der Waals surface area contributed by atoms with Crippen LogP contribution < -0.4 is 10.6 Å². The average molecular weight is 333 g/mol. The molecule has 0 saturated carbocycles. The van der Waals surface area contributed by atoms with Gasteiger partial charge in [-0.15, -0.1) is 0 Å². The van der Waals surface area contributed by atoms with E-state index in [1.807, 2.05) is 17.9 Å². The summed E-state index contributed by atoms with van der Waals surface area (Å²) < 4.78 is 15.6. The molecule has 0 bridgehead atoms. The van der Waals surface area contributed by atoms with Gasteiger partial charge in [0.15, 0.2) is 5.69 Å². The van der Waals surface area contributed by atoms with Gasteiger partial charge in [-0.05, 0) is 25.0 Å². The number of pyridine rings is 1. The molecule has 24 heavy (non-hydrogen) atoms. The molecule has 2 N–H and O–H groups in total. The van der Waals surface area contributed by atoms with Crippen molar-refractivity contribution in [3.05, 3.63) is 35.5 Å². The number of carbonyl (C=O) groups is 2. The molecule has 2 aromatic heterocycles. The number of amides is 2. The molecule has 2 aromatic rings. The third-order valence-corrected chi connectivity index (χ3v) is 3.98. The van der Waals surface area contributed by atoms with E-state index < -0.39 is 11.9 Å². The van der Waals surface area contributed by atoms with Gasteiger partial charge in [0.25, 0.3) is 5.91 Å². The highest BCUT2D eigenvalue weighted by Gasteiger charge is 2.19. The Balaban J connectivity index is 1.53. The lowest BCUT2D eigenvalue weighted by Gasteiger charge is -2.26. The Kier molecular flexibility index (Phi) is 4.75. The van der Waals surface area contributed by atoms with Crippen molar-refractivity contribution in [2.24, 2.45) is 0 Å². The van der Waals surface area contributed by atoms with Crippen molar-refractivity contribution in [3.63, 3.8) is 0 Å². The zero-order valence-corrected chi connectivity index (χ0v) is 13.5. The number of aryl methyl sites for hydroxylation is 1. The van der Waals surface area contributed by atoms with Gasteiger partial charge in [-0.3, -0.25) is 18.9 Å². The van der Waals surface area contributed by atoms with Gasteiger partial charge in [0.1, 0.15) is 5.65 Å². The van der Waals surface area contributed by atoms with E-state index in [2.05, 4.69) is 15.6 Å². The second-order valence-electron chi connectivity index (χ2n) is 5.92. The molecular weight excluding hydrogens is 313 g/mol. The number of hydrogen-bond donors (Lipinski definition) is 2. The van der Waals surface area contributed by atoms with Crippen molar-refractivity contribution in [3.8, 4) is 0 Å². The molecule has 0 atom stereocenters. The highest BCUT2D eigenvalue weighted by molar-refractivity contribution is 5.93. The van der Waals surface area contributed by atoms with Crippen molar-refractivity contribution in [1.82, 2.24) is 24.9 Å². The Morgan fingerprint density at radius 2 is 2.29 bits per heavy atom. The molecular formula is C16H20FN5O2. The van der Waals surface area contributed by atoms with Crippen molar-refractivity contribution < 1.29 is 14.0 Å². The van der Waals surface area contributed by atoms with Crippen LogP contribution in [0.5, 0.6) is 0 Å². The first-order chi connectivity index (χ1) is 11.5. The first-order valence-electron chi connectivity index (χ1n) is 7.96. The average Bonchev–Trinajstić information content (AvgIpc) is 2.88.